The third-order valence-corrected chi connectivity index (χ3v) is 5.17. The molecule has 0 aliphatic carbocycles. The monoisotopic (exact) mass is 352 g/mol. The molecule has 0 unspecified atom stereocenters. The van der Waals surface area contributed by atoms with Gasteiger partial charge in [-0.05, 0) is 38.5 Å². The molecule has 8 heteroatoms. The van der Waals surface area contributed by atoms with Crippen LogP contribution in [0.4, 0.5) is 0 Å². The highest BCUT2D eigenvalue weighted by atomic mass is 35.5. The van der Waals surface area contributed by atoms with Gasteiger partial charge in [-0.25, -0.2) is 8.42 Å². The van der Waals surface area contributed by atoms with E-state index in [2.05, 4.69) is 10.0 Å². The van der Waals surface area contributed by atoms with Crippen LogP contribution in [-0.4, -0.2) is 26.4 Å². The average molecular weight is 353 g/mol. The largest absolute Gasteiger partial charge is 0.352 e. The van der Waals surface area contributed by atoms with Crippen LogP contribution in [0.1, 0.15) is 27.2 Å². The summed E-state index contributed by atoms with van der Waals surface area (Å²) in [7, 11) is -3.93. The van der Waals surface area contributed by atoms with Gasteiger partial charge in [0.2, 0.25) is 15.9 Å². The molecule has 0 radical (unpaired) electrons. The standard InChI is InChI=1S/C13H18Cl2N2O3S/c1-4-8(2)16-13(18)9(3)17-21(19,20)12-7-10(14)5-6-11(12)15/h5-9,17H,4H2,1-3H3,(H,16,18)/t8-,9-/m0/s1. The molecule has 0 aliphatic heterocycles. The summed E-state index contributed by atoms with van der Waals surface area (Å²) in [6, 6.07) is 3.17. The van der Waals surface area contributed by atoms with Crippen molar-refractivity contribution in [3.8, 4) is 0 Å². The lowest BCUT2D eigenvalue weighted by Gasteiger charge is -2.18. The molecule has 2 N–H and O–H groups in total. The normalized spacial score (nSPS) is 14.5. The third kappa shape index (κ3) is 5.14. The summed E-state index contributed by atoms with van der Waals surface area (Å²) in [6.45, 7) is 5.23. The molecule has 21 heavy (non-hydrogen) atoms. The Morgan fingerprint density at radius 3 is 2.48 bits per heavy atom. The van der Waals surface area contributed by atoms with Crippen LogP contribution in [0.15, 0.2) is 23.1 Å². The highest BCUT2D eigenvalue weighted by Crippen LogP contribution is 2.24. The fraction of sp³-hybridized carbons (Fsp3) is 0.462. The first-order chi connectivity index (χ1) is 9.67. The Bertz CT molecular complexity index is 620. The van der Waals surface area contributed by atoms with E-state index < -0.39 is 22.0 Å². The number of hydrogen-bond donors (Lipinski definition) is 2. The van der Waals surface area contributed by atoms with Crippen molar-refractivity contribution >= 4 is 39.1 Å². The molecule has 0 aromatic heterocycles. The van der Waals surface area contributed by atoms with Gasteiger partial charge >= 0.3 is 0 Å². The molecule has 0 spiro atoms. The second-order valence-electron chi connectivity index (χ2n) is 4.74. The van der Waals surface area contributed by atoms with Gasteiger partial charge in [0.05, 0.1) is 11.1 Å². The first kappa shape index (κ1) is 18.2. The Hall–Kier alpha value is -0.820. The summed E-state index contributed by atoms with van der Waals surface area (Å²) in [4.78, 5) is 11.7. The van der Waals surface area contributed by atoms with Crippen molar-refractivity contribution in [1.82, 2.24) is 10.0 Å². The van der Waals surface area contributed by atoms with Gasteiger partial charge in [-0.2, -0.15) is 4.72 Å². The van der Waals surface area contributed by atoms with E-state index in [1.165, 1.54) is 25.1 Å². The number of rotatable bonds is 6. The lowest BCUT2D eigenvalue weighted by atomic mass is 10.2. The maximum absolute atomic E-state index is 12.2. The maximum atomic E-state index is 12.2. The van der Waals surface area contributed by atoms with Crippen LogP contribution in [0.25, 0.3) is 0 Å². The number of carbonyl (C=O) groups excluding carboxylic acids is 1. The fourth-order valence-corrected chi connectivity index (χ4v) is 3.47. The van der Waals surface area contributed by atoms with E-state index >= 15 is 0 Å². The third-order valence-electron chi connectivity index (χ3n) is 2.91. The molecule has 0 saturated heterocycles. The Kier molecular flexibility index (Phi) is 6.46. The van der Waals surface area contributed by atoms with Crippen LogP contribution < -0.4 is 10.0 Å². The summed E-state index contributed by atoms with van der Waals surface area (Å²) < 4.78 is 26.8. The molecule has 0 bridgehead atoms. The second-order valence-corrected chi connectivity index (χ2v) is 7.26. The molecule has 0 heterocycles. The lowest BCUT2D eigenvalue weighted by Crippen LogP contribution is -2.47. The van der Waals surface area contributed by atoms with E-state index in [0.29, 0.717) is 0 Å². The Labute approximate surface area is 135 Å². The van der Waals surface area contributed by atoms with E-state index in [1.807, 2.05) is 13.8 Å². The quantitative estimate of drug-likeness (QED) is 0.825. The number of benzene rings is 1. The molecule has 1 aromatic carbocycles. The first-order valence-electron chi connectivity index (χ1n) is 6.45. The predicted octanol–water partition coefficient (Wildman–Crippen LogP) is 2.57. The number of carbonyl (C=O) groups is 1. The Balaban J connectivity index is 2.90. The van der Waals surface area contributed by atoms with Gasteiger partial charge in [-0.15, -0.1) is 0 Å². The van der Waals surface area contributed by atoms with Gasteiger partial charge < -0.3 is 5.32 Å². The highest BCUT2D eigenvalue weighted by Gasteiger charge is 2.24. The van der Waals surface area contributed by atoms with Gasteiger partial charge in [0, 0.05) is 11.1 Å². The minimum atomic E-state index is -3.93. The summed E-state index contributed by atoms with van der Waals surface area (Å²) in [6.07, 6.45) is 0.755. The molecule has 1 aromatic rings. The zero-order valence-electron chi connectivity index (χ0n) is 12.0. The number of sulfonamides is 1. The van der Waals surface area contributed by atoms with Crippen LogP contribution in [0.3, 0.4) is 0 Å². The zero-order chi connectivity index (χ0) is 16.2. The molecule has 0 aliphatic rings. The SMILES string of the molecule is CC[C@H](C)NC(=O)[C@H](C)NS(=O)(=O)c1cc(Cl)ccc1Cl. The molecule has 2 atom stereocenters. The summed E-state index contributed by atoms with van der Waals surface area (Å²) >= 11 is 11.7. The summed E-state index contributed by atoms with van der Waals surface area (Å²) in [5.41, 5.74) is 0. The zero-order valence-corrected chi connectivity index (χ0v) is 14.3. The van der Waals surface area contributed by atoms with Crippen LogP contribution in [-0.2, 0) is 14.8 Å². The van der Waals surface area contributed by atoms with E-state index in [0.717, 1.165) is 6.42 Å². The highest BCUT2D eigenvalue weighted by molar-refractivity contribution is 7.89. The van der Waals surface area contributed by atoms with Gasteiger partial charge in [0.1, 0.15) is 4.90 Å². The molecule has 0 fully saturated rings. The molecule has 5 nitrogen and oxygen atoms in total. The molecular weight excluding hydrogens is 335 g/mol. The Morgan fingerprint density at radius 2 is 1.90 bits per heavy atom. The van der Waals surface area contributed by atoms with Crippen molar-refractivity contribution in [1.29, 1.82) is 0 Å². The predicted molar refractivity (Wildman–Crippen MR) is 84.1 cm³/mol. The minimum absolute atomic E-state index is 0.0285. The first-order valence-corrected chi connectivity index (χ1v) is 8.69. The van der Waals surface area contributed by atoms with E-state index in [-0.39, 0.29) is 21.0 Å². The van der Waals surface area contributed by atoms with E-state index in [9.17, 15) is 13.2 Å². The van der Waals surface area contributed by atoms with Crippen LogP contribution in [0, 0.1) is 0 Å². The van der Waals surface area contributed by atoms with Crippen LogP contribution >= 0.6 is 23.2 Å². The summed E-state index contributed by atoms with van der Waals surface area (Å²) in [5.74, 6) is -0.397. The molecule has 1 rings (SSSR count). The van der Waals surface area contributed by atoms with Crippen molar-refractivity contribution < 1.29 is 13.2 Å². The molecule has 0 saturated carbocycles. The molecule has 118 valence electrons. The van der Waals surface area contributed by atoms with Gasteiger partial charge in [-0.3, -0.25) is 4.79 Å². The van der Waals surface area contributed by atoms with Crippen molar-refractivity contribution in [2.24, 2.45) is 0 Å². The lowest BCUT2D eigenvalue weighted by molar-refractivity contribution is -0.122. The van der Waals surface area contributed by atoms with Crippen molar-refractivity contribution in [2.75, 3.05) is 0 Å². The second kappa shape index (κ2) is 7.45. The van der Waals surface area contributed by atoms with Crippen molar-refractivity contribution in [3.63, 3.8) is 0 Å². The van der Waals surface area contributed by atoms with Gasteiger partial charge in [-0.1, -0.05) is 30.1 Å². The summed E-state index contributed by atoms with van der Waals surface area (Å²) in [5, 5.41) is 2.99. The van der Waals surface area contributed by atoms with Crippen LogP contribution in [0.5, 0.6) is 0 Å². The topological polar surface area (TPSA) is 75.3 Å². The number of halogens is 2. The number of nitrogens with one attached hydrogen (secondary N) is 2. The minimum Gasteiger partial charge on any atom is -0.352 e. The average Bonchev–Trinajstić information content (AvgIpc) is 2.40. The van der Waals surface area contributed by atoms with Crippen molar-refractivity contribution in [3.05, 3.63) is 28.2 Å². The number of hydrogen-bond acceptors (Lipinski definition) is 3. The Morgan fingerprint density at radius 1 is 1.29 bits per heavy atom. The van der Waals surface area contributed by atoms with E-state index in [1.54, 1.807) is 0 Å². The van der Waals surface area contributed by atoms with Crippen LogP contribution in [0.2, 0.25) is 10.0 Å². The molecular formula is C13H18Cl2N2O3S. The van der Waals surface area contributed by atoms with E-state index in [4.69, 9.17) is 23.2 Å². The number of amides is 1. The smallest absolute Gasteiger partial charge is 0.242 e. The maximum Gasteiger partial charge on any atom is 0.242 e. The molecule has 1 amide bonds. The van der Waals surface area contributed by atoms with Gasteiger partial charge in [0.15, 0.2) is 0 Å². The fourth-order valence-electron chi connectivity index (χ4n) is 1.50. The van der Waals surface area contributed by atoms with Gasteiger partial charge in [0.25, 0.3) is 0 Å². The van der Waals surface area contributed by atoms with Crippen molar-refractivity contribution in [2.45, 2.75) is 44.2 Å².